The lowest BCUT2D eigenvalue weighted by molar-refractivity contribution is 0.0948. The Morgan fingerprint density at radius 1 is 1.56 bits per heavy atom. The molecule has 0 aliphatic carbocycles. The SMILES string of the molecule is COCCCNC(=O)c1ccc2nc(S)oc2c1. The van der Waals surface area contributed by atoms with Gasteiger partial charge in [0.25, 0.3) is 11.1 Å². The minimum Gasteiger partial charge on any atom is -0.432 e. The minimum atomic E-state index is -0.134. The maximum atomic E-state index is 11.8. The number of nitrogens with zero attached hydrogens (tertiary/aromatic N) is 1. The Morgan fingerprint density at radius 3 is 3.17 bits per heavy atom. The Labute approximate surface area is 110 Å². The van der Waals surface area contributed by atoms with Crippen molar-refractivity contribution in [2.75, 3.05) is 20.3 Å². The second-order valence-electron chi connectivity index (χ2n) is 3.78. The van der Waals surface area contributed by atoms with Crippen LogP contribution in [0.5, 0.6) is 0 Å². The average molecular weight is 266 g/mol. The van der Waals surface area contributed by atoms with Gasteiger partial charge < -0.3 is 14.5 Å². The summed E-state index contributed by atoms with van der Waals surface area (Å²) < 4.78 is 10.2. The molecule has 2 rings (SSSR count). The minimum absolute atomic E-state index is 0.134. The molecule has 0 aliphatic rings. The third kappa shape index (κ3) is 3.02. The highest BCUT2D eigenvalue weighted by molar-refractivity contribution is 7.80. The molecule has 0 spiro atoms. The van der Waals surface area contributed by atoms with Crippen LogP contribution in [0.25, 0.3) is 11.1 Å². The molecule has 96 valence electrons. The molecule has 1 heterocycles. The van der Waals surface area contributed by atoms with Gasteiger partial charge in [-0.1, -0.05) is 12.6 Å². The first-order valence-corrected chi connectivity index (χ1v) is 6.02. The zero-order valence-corrected chi connectivity index (χ0v) is 10.9. The summed E-state index contributed by atoms with van der Waals surface area (Å²) in [6, 6.07) is 5.11. The number of hydrogen-bond donors (Lipinski definition) is 2. The van der Waals surface area contributed by atoms with Crippen molar-refractivity contribution in [2.24, 2.45) is 0 Å². The van der Waals surface area contributed by atoms with E-state index in [2.05, 4.69) is 22.9 Å². The van der Waals surface area contributed by atoms with Crippen molar-refractivity contribution in [1.82, 2.24) is 10.3 Å². The van der Waals surface area contributed by atoms with Crippen molar-refractivity contribution in [2.45, 2.75) is 11.6 Å². The first kappa shape index (κ1) is 12.9. The summed E-state index contributed by atoms with van der Waals surface area (Å²) in [5.74, 6) is -0.134. The number of methoxy groups -OCH3 is 1. The van der Waals surface area contributed by atoms with E-state index in [0.717, 1.165) is 6.42 Å². The zero-order valence-electron chi connectivity index (χ0n) is 9.97. The summed E-state index contributed by atoms with van der Waals surface area (Å²) >= 11 is 4.02. The van der Waals surface area contributed by atoms with E-state index in [1.165, 1.54) is 0 Å². The van der Waals surface area contributed by atoms with Gasteiger partial charge in [-0.15, -0.1) is 0 Å². The van der Waals surface area contributed by atoms with Crippen LogP contribution >= 0.6 is 12.6 Å². The zero-order chi connectivity index (χ0) is 13.0. The Bertz CT molecular complexity index is 553. The number of carbonyl (C=O) groups is 1. The Kier molecular flexibility index (Phi) is 4.22. The van der Waals surface area contributed by atoms with Gasteiger partial charge in [0.2, 0.25) is 0 Å². The van der Waals surface area contributed by atoms with Crippen molar-refractivity contribution in [3.05, 3.63) is 23.8 Å². The number of rotatable bonds is 5. The molecule has 2 aromatic rings. The van der Waals surface area contributed by atoms with Gasteiger partial charge in [0, 0.05) is 25.8 Å². The van der Waals surface area contributed by atoms with Crippen molar-refractivity contribution in [3.8, 4) is 0 Å². The first-order valence-electron chi connectivity index (χ1n) is 5.57. The summed E-state index contributed by atoms with van der Waals surface area (Å²) in [6.45, 7) is 1.21. The van der Waals surface area contributed by atoms with E-state index in [1.54, 1.807) is 25.3 Å². The molecular weight excluding hydrogens is 252 g/mol. The van der Waals surface area contributed by atoms with Gasteiger partial charge in [-0.2, -0.15) is 0 Å². The molecule has 1 aromatic carbocycles. The molecule has 1 aromatic heterocycles. The van der Waals surface area contributed by atoms with Crippen molar-refractivity contribution in [3.63, 3.8) is 0 Å². The average Bonchev–Trinajstić information content (AvgIpc) is 2.73. The van der Waals surface area contributed by atoms with Crippen LogP contribution in [-0.4, -0.2) is 31.2 Å². The van der Waals surface area contributed by atoms with Crippen molar-refractivity contribution >= 4 is 29.6 Å². The number of amides is 1. The molecule has 6 heteroatoms. The number of benzene rings is 1. The van der Waals surface area contributed by atoms with Crippen LogP contribution in [0, 0.1) is 0 Å². The van der Waals surface area contributed by atoms with E-state index >= 15 is 0 Å². The molecule has 1 N–H and O–H groups in total. The van der Waals surface area contributed by atoms with Crippen LogP contribution in [0.15, 0.2) is 27.8 Å². The molecule has 1 amide bonds. The molecule has 18 heavy (non-hydrogen) atoms. The monoisotopic (exact) mass is 266 g/mol. The Balaban J connectivity index is 2.03. The van der Waals surface area contributed by atoms with Gasteiger partial charge in [0.1, 0.15) is 5.52 Å². The third-order valence-corrected chi connectivity index (χ3v) is 2.64. The van der Waals surface area contributed by atoms with E-state index < -0.39 is 0 Å². The van der Waals surface area contributed by atoms with Crippen LogP contribution in [0.1, 0.15) is 16.8 Å². The van der Waals surface area contributed by atoms with Gasteiger partial charge in [0.15, 0.2) is 5.58 Å². The van der Waals surface area contributed by atoms with Gasteiger partial charge in [0.05, 0.1) is 0 Å². The van der Waals surface area contributed by atoms with Crippen molar-refractivity contribution < 1.29 is 13.9 Å². The highest BCUT2D eigenvalue weighted by Gasteiger charge is 2.09. The van der Waals surface area contributed by atoms with Gasteiger partial charge in [-0.05, 0) is 24.6 Å². The maximum absolute atomic E-state index is 11.8. The van der Waals surface area contributed by atoms with Gasteiger partial charge in [-0.3, -0.25) is 4.79 Å². The second-order valence-corrected chi connectivity index (χ2v) is 4.16. The summed E-state index contributed by atoms with van der Waals surface area (Å²) in [7, 11) is 1.63. The van der Waals surface area contributed by atoms with E-state index in [0.29, 0.717) is 35.0 Å². The quantitative estimate of drug-likeness (QED) is 0.640. The number of hydrogen-bond acceptors (Lipinski definition) is 5. The first-order chi connectivity index (χ1) is 8.70. The number of nitrogens with one attached hydrogen (secondary N) is 1. The molecule has 0 fully saturated rings. The molecule has 0 unspecified atom stereocenters. The molecule has 5 nitrogen and oxygen atoms in total. The molecule has 0 bridgehead atoms. The normalized spacial score (nSPS) is 10.8. The Hall–Kier alpha value is -1.53. The maximum Gasteiger partial charge on any atom is 0.253 e. The number of fused-ring (bicyclic) bond motifs is 1. The fourth-order valence-electron chi connectivity index (χ4n) is 1.57. The van der Waals surface area contributed by atoms with E-state index in [9.17, 15) is 4.79 Å². The van der Waals surface area contributed by atoms with E-state index in [4.69, 9.17) is 9.15 Å². The molecule has 0 saturated carbocycles. The van der Waals surface area contributed by atoms with Gasteiger partial charge in [-0.25, -0.2) is 4.98 Å². The molecule has 0 aliphatic heterocycles. The van der Waals surface area contributed by atoms with Gasteiger partial charge >= 0.3 is 0 Å². The standard InChI is InChI=1S/C12H14N2O3S/c1-16-6-2-5-13-11(15)8-3-4-9-10(7-8)17-12(18)14-9/h3-4,7H,2,5-6H2,1H3,(H,13,15)(H,14,18). The molecular formula is C12H14N2O3S. The van der Waals surface area contributed by atoms with Crippen LogP contribution in [0.3, 0.4) is 0 Å². The lowest BCUT2D eigenvalue weighted by atomic mass is 10.2. The molecule has 0 radical (unpaired) electrons. The lowest BCUT2D eigenvalue weighted by Gasteiger charge is -2.04. The summed E-state index contributed by atoms with van der Waals surface area (Å²) in [4.78, 5) is 15.9. The van der Waals surface area contributed by atoms with E-state index in [-0.39, 0.29) is 5.91 Å². The lowest BCUT2D eigenvalue weighted by Crippen LogP contribution is -2.25. The molecule has 0 saturated heterocycles. The van der Waals surface area contributed by atoms with Crippen LogP contribution in [-0.2, 0) is 4.74 Å². The number of carbonyl (C=O) groups excluding carboxylic acids is 1. The summed E-state index contributed by atoms with van der Waals surface area (Å²) in [5, 5.41) is 3.10. The van der Waals surface area contributed by atoms with E-state index in [1.807, 2.05) is 0 Å². The number of oxazole rings is 1. The predicted molar refractivity (Wildman–Crippen MR) is 70.1 cm³/mol. The van der Waals surface area contributed by atoms with Crippen molar-refractivity contribution in [1.29, 1.82) is 0 Å². The number of thiol groups is 1. The Morgan fingerprint density at radius 2 is 2.39 bits per heavy atom. The highest BCUT2D eigenvalue weighted by atomic mass is 32.1. The smallest absolute Gasteiger partial charge is 0.253 e. The highest BCUT2D eigenvalue weighted by Crippen LogP contribution is 2.19. The fraction of sp³-hybridized carbons (Fsp3) is 0.333. The second kappa shape index (κ2) is 5.88. The summed E-state index contributed by atoms with van der Waals surface area (Å²) in [5.41, 5.74) is 1.80. The summed E-state index contributed by atoms with van der Waals surface area (Å²) in [6.07, 6.45) is 0.785. The van der Waals surface area contributed by atoms with Crippen LogP contribution in [0.4, 0.5) is 0 Å². The van der Waals surface area contributed by atoms with Crippen LogP contribution in [0.2, 0.25) is 0 Å². The number of ether oxygens (including phenoxy) is 1. The topological polar surface area (TPSA) is 64.4 Å². The largest absolute Gasteiger partial charge is 0.432 e. The fourth-order valence-corrected chi connectivity index (χ4v) is 1.78. The molecule has 0 atom stereocenters. The predicted octanol–water partition coefficient (Wildman–Crippen LogP) is 1.88. The van der Waals surface area contributed by atoms with Crippen LogP contribution < -0.4 is 5.32 Å². The number of aromatic nitrogens is 1. The third-order valence-electron chi connectivity index (χ3n) is 2.45.